The van der Waals surface area contributed by atoms with Gasteiger partial charge in [0.05, 0.1) is 32.5 Å². The van der Waals surface area contributed by atoms with Crippen molar-refractivity contribution in [3.05, 3.63) is 35.9 Å². The maximum atomic E-state index is 12.3. The third-order valence-electron chi connectivity index (χ3n) is 4.93. The number of carbonyl (C=O) groups excluding carboxylic acids is 1. The molecule has 0 aliphatic carbocycles. The van der Waals surface area contributed by atoms with Gasteiger partial charge in [0, 0.05) is 31.7 Å². The first-order chi connectivity index (χ1) is 13.2. The molecule has 0 radical (unpaired) electrons. The first-order valence-corrected chi connectivity index (χ1v) is 9.82. The number of nitrogens with one attached hydrogen (secondary N) is 2. The van der Waals surface area contributed by atoms with E-state index < -0.39 is 0 Å². The van der Waals surface area contributed by atoms with E-state index in [2.05, 4.69) is 17.6 Å². The third kappa shape index (κ3) is 6.77. The van der Waals surface area contributed by atoms with E-state index in [1.807, 2.05) is 30.3 Å². The fourth-order valence-corrected chi connectivity index (χ4v) is 3.43. The first kappa shape index (κ1) is 20.1. The molecule has 27 heavy (non-hydrogen) atoms. The van der Waals surface area contributed by atoms with E-state index in [1.54, 1.807) is 4.90 Å². The summed E-state index contributed by atoms with van der Waals surface area (Å²) in [5.41, 5.74) is 0.992. The zero-order chi connectivity index (χ0) is 18.9. The lowest BCUT2D eigenvalue weighted by molar-refractivity contribution is -0.0281. The predicted octanol–water partition coefficient (Wildman–Crippen LogP) is 1.38. The highest BCUT2D eigenvalue weighted by molar-refractivity contribution is 5.67. The molecule has 7 heteroatoms. The molecule has 2 saturated heterocycles. The highest BCUT2D eigenvalue weighted by atomic mass is 16.6. The predicted molar refractivity (Wildman–Crippen MR) is 103 cm³/mol. The Morgan fingerprint density at radius 3 is 3.00 bits per heavy atom. The van der Waals surface area contributed by atoms with E-state index >= 15 is 0 Å². The molecule has 0 spiro atoms. The molecule has 2 N–H and O–H groups in total. The first-order valence-electron chi connectivity index (χ1n) is 9.82. The zero-order valence-electron chi connectivity index (χ0n) is 16.1. The molecule has 3 rings (SSSR count). The van der Waals surface area contributed by atoms with Crippen molar-refractivity contribution in [3.63, 3.8) is 0 Å². The van der Waals surface area contributed by atoms with Crippen LogP contribution >= 0.6 is 0 Å². The van der Waals surface area contributed by atoms with E-state index in [9.17, 15) is 4.79 Å². The van der Waals surface area contributed by atoms with Gasteiger partial charge in [0.15, 0.2) is 0 Å². The van der Waals surface area contributed by atoms with Gasteiger partial charge in [-0.3, -0.25) is 0 Å². The third-order valence-corrected chi connectivity index (χ3v) is 4.93. The van der Waals surface area contributed by atoms with E-state index in [0.29, 0.717) is 38.4 Å². The molecule has 2 heterocycles. The summed E-state index contributed by atoms with van der Waals surface area (Å²) < 4.78 is 16.7. The summed E-state index contributed by atoms with van der Waals surface area (Å²) in [5, 5.41) is 6.99. The van der Waals surface area contributed by atoms with E-state index in [1.165, 1.54) is 0 Å². The van der Waals surface area contributed by atoms with Crippen molar-refractivity contribution in [2.24, 2.45) is 0 Å². The van der Waals surface area contributed by atoms with Crippen molar-refractivity contribution in [1.29, 1.82) is 0 Å². The maximum Gasteiger partial charge on any atom is 0.410 e. The number of rotatable bonds is 7. The molecule has 3 atom stereocenters. The largest absolute Gasteiger partial charge is 0.445 e. The van der Waals surface area contributed by atoms with Crippen molar-refractivity contribution in [2.75, 3.05) is 46.0 Å². The summed E-state index contributed by atoms with van der Waals surface area (Å²) in [6.45, 7) is 7.34. The monoisotopic (exact) mass is 377 g/mol. The number of amides is 1. The Hall–Kier alpha value is -1.67. The highest BCUT2D eigenvalue weighted by Crippen LogP contribution is 2.10. The summed E-state index contributed by atoms with van der Waals surface area (Å²) in [6, 6.07) is 10.5. The van der Waals surface area contributed by atoms with Crippen molar-refractivity contribution >= 4 is 6.09 Å². The topological polar surface area (TPSA) is 72.1 Å². The molecule has 2 fully saturated rings. The van der Waals surface area contributed by atoms with Crippen molar-refractivity contribution in [3.8, 4) is 0 Å². The van der Waals surface area contributed by atoms with Crippen molar-refractivity contribution in [2.45, 2.75) is 38.1 Å². The van der Waals surface area contributed by atoms with Crippen LogP contribution in [0.3, 0.4) is 0 Å². The second kappa shape index (κ2) is 10.6. The van der Waals surface area contributed by atoms with Crippen LogP contribution in [-0.4, -0.2) is 75.2 Å². The van der Waals surface area contributed by atoms with Crippen LogP contribution in [0.15, 0.2) is 30.3 Å². The fourth-order valence-electron chi connectivity index (χ4n) is 3.43. The van der Waals surface area contributed by atoms with Gasteiger partial charge in [-0.2, -0.15) is 0 Å². The van der Waals surface area contributed by atoms with Crippen molar-refractivity contribution < 1.29 is 19.0 Å². The second-order valence-electron chi connectivity index (χ2n) is 7.25. The van der Waals surface area contributed by atoms with Crippen LogP contribution in [0.1, 0.15) is 18.9 Å². The Balaban J connectivity index is 1.36. The summed E-state index contributed by atoms with van der Waals surface area (Å²) in [4.78, 5) is 14.1. The van der Waals surface area contributed by atoms with Gasteiger partial charge in [-0.1, -0.05) is 30.3 Å². The lowest BCUT2D eigenvalue weighted by atomic mass is 10.1. The summed E-state index contributed by atoms with van der Waals surface area (Å²) in [5.74, 6) is 0. The van der Waals surface area contributed by atoms with Crippen LogP contribution in [0.4, 0.5) is 4.79 Å². The average Bonchev–Trinajstić information content (AvgIpc) is 2.72. The van der Waals surface area contributed by atoms with Gasteiger partial charge in [0.2, 0.25) is 0 Å². The Kier molecular flexibility index (Phi) is 7.89. The van der Waals surface area contributed by atoms with Crippen LogP contribution in [0.5, 0.6) is 0 Å². The van der Waals surface area contributed by atoms with Crippen LogP contribution in [-0.2, 0) is 20.8 Å². The van der Waals surface area contributed by atoms with Crippen LogP contribution in [0.25, 0.3) is 0 Å². The number of benzene rings is 1. The molecule has 3 unspecified atom stereocenters. The lowest BCUT2D eigenvalue weighted by Gasteiger charge is -2.33. The molecule has 0 bridgehead atoms. The normalized spacial score (nSPS) is 24.4. The molecule has 1 aromatic carbocycles. The van der Waals surface area contributed by atoms with Crippen LogP contribution in [0, 0.1) is 0 Å². The van der Waals surface area contributed by atoms with Gasteiger partial charge in [-0.05, 0) is 18.9 Å². The molecule has 1 amide bonds. The number of hydrogen-bond acceptors (Lipinski definition) is 6. The zero-order valence-corrected chi connectivity index (χ0v) is 16.1. The second-order valence-corrected chi connectivity index (χ2v) is 7.25. The van der Waals surface area contributed by atoms with Crippen LogP contribution < -0.4 is 10.6 Å². The van der Waals surface area contributed by atoms with E-state index in [4.69, 9.17) is 14.2 Å². The Labute approximate surface area is 161 Å². The summed E-state index contributed by atoms with van der Waals surface area (Å²) in [7, 11) is 0. The molecular formula is C20H31N3O4. The van der Waals surface area contributed by atoms with E-state index in [0.717, 1.165) is 38.3 Å². The average molecular weight is 377 g/mol. The molecule has 1 aromatic rings. The van der Waals surface area contributed by atoms with Gasteiger partial charge in [0.25, 0.3) is 0 Å². The smallest absolute Gasteiger partial charge is 0.410 e. The number of carbonyl (C=O) groups is 1. The molecule has 0 aromatic heterocycles. The Bertz CT molecular complexity index is 566. The number of morpholine rings is 2. The van der Waals surface area contributed by atoms with Crippen molar-refractivity contribution in [1.82, 2.24) is 15.5 Å². The quantitative estimate of drug-likeness (QED) is 0.748. The highest BCUT2D eigenvalue weighted by Gasteiger charge is 2.26. The number of hydrogen-bond donors (Lipinski definition) is 2. The summed E-state index contributed by atoms with van der Waals surface area (Å²) >= 11 is 0. The standard InChI is InChI=1S/C20H31N3O4/c1-16(11-18-15-25-9-7-21-18)22-12-19-13-23(8-10-26-19)20(24)27-14-17-5-3-2-4-6-17/h2-6,16,18-19,21-22H,7-15H2,1H3. The summed E-state index contributed by atoms with van der Waals surface area (Å²) in [6.07, 6.45) is 0.722. The maximum absolute atomic E-state index is 12.3. The molecule has 0 saturated carbocycles. The lowest BCUT2D eigenvalue weighted by Crippen LogP contribution is -2.51. The van der Waals surface area contributed by atoms with Crippen LogP contribution in [0.2, 0.25) is 0 Å². The SMILES string of the molecule is CC(CC1COCCN1)NCC1CN(C(=O)OCc2ccccc2)CCO1. The van der Waals surface area contributed by atoms with Gasteiger partial charge < -0.3 is 29.7 Å². The number of nitrogens with zero attached hydrogens (tertiary/aromatic N) is 1. The Morgan fingerprint density at radius 1 is 1.37 bits per heavy atom. The molecule has 2 aliphatic rings. The minimum Gasteiger partial charge on any atom is -0.445 e. The number of ether oxygens (including phenoxy) is 3. The Morgan fingerprint density at radius 2 is 2.22 bits per heavy atom. The van der Waals surface area contributed by atoms with Gasteiger partial charge in [-0.25, -0.2) is 4.79 Å². The molecule has 150 valence electrons. The minimum atomic E-state index is -0.274. The fraction of sp³-hybridized carbons (Fsp3) is 0.650. The molecule has 7 nitrogen and oxygen atoms in total. The molecule has 2 aliphatic heterocycles. The molecular weight excluding hydrogens is 346 g/mol. The van der Waals surface area contributed by atoms with Gasteiger partial charge in [0.1, 0.15) is 6.61 Å². The van der Waals surface area contributed by atoms with Gasteiger partial charge >= 0.3 is 6.09 Å². The minimum absolute atomic E-state index is 0.0129. The van der Waals surface area contributed by atoms with E-state index in [-0.39, 0.29) is 12.2 Å². The van der Waals surface area contributed by atoms with Gasteiger partial charge in [-0.15, -0.1) is 0 Å².